The molecule has 0 aliphatic heterocycles. The summed E-state index contributed by atoms with van der Waals surface area (Å²) in [6, 6.07) is 21.1. The molecule has 2 N–H and O–H groups in total. The van der Waals surface area contributed by atoms with Gasteiger partial charge in [-0.25, -0.2) is 13.2 Å². The van der Waals surface area contributed by atoms with E-state index in [1.165, 1.54) is 0 Å². The summed E-state index contributed by atoms with van der Waals surface area (Å²) in [4.78, 5) is 11.4. The van der Waals surface area contributed by atoms with E-state index in [0.717, 1.165) is 36.0 Å². The van der Waals surface area contributed by atoms with E-state index in [4.69, 9.17) is 5.11 Å². The molecule has 0 aliphatic carbocycles. The minimum Gasteiger partial charge on any atom is -0.478 e. The number of benzene rings is 3. The summed E-state index contributed by atoms with van der Waals surface area (Å²) in [6.45, 7) is 2.13. The van der Waals surface area contributed by atoms with Gasteiger partial charge in [0.1, 0.15) is 0 Å². The van der Waals surface area contributed by atoms with Crippen LogP contribution in [0.4, 0.5) is 5.69 Å². The first-order chi connectivity index (χ1) is 14.9. The van der Waals surface area contributed by atoms with Gasteiger partial charge in [0.05, 0.1) is 16.1 Å². The molecule has 0 amide bonds. The van der Waals surface area contributed by atoms with Crippen molar-refractivity contribution in [2.45, 2.75) is 43.9 Å². The van der Waals surface area contributed by atoms with Crippen molar-refractivity contribution in [3.05, 3.63) is 95.1 Å². The van der Waals surface area contributed by atoms with E-state index in [1.54, 1.807) is 42.5 Å². The number of unbranched alkanes of at least 4 members (excludes halogenated alkanes) is 1. The number of nitrogens with one attached hydrogen (secondary N) is 1. The van der Waals surface area contributed by atoms with Crippen molar-refractivity contribution in [3.63, 3.8) is 0 Å². The first-order valence-electron chi connectivity index (χ1n) is 10.4. The van der Waals surface area contributed by atoms with Crippen molar-refractivity contribution in [2.24, 2.45) is 0 Å². The number of sulfonamides is 1. The number of carbonyl (C=O) groups is 1. The second-order valence-electron chi connectivity index (χ2n) is 7.52. The number of para-hydroxylation sites is 1. The minimum absolute atomic E-state index is 0.233. The first kappa shape index (κ1) is 22.6. The fourth-order valence-electron chi connectivity index (χ4n) is 3.40. The molecule has 0 spiro atoms. The quantitative estimate of drug-likeness (QED) is 0.450. The Balaban J connectivity index is 1.74. The normalized spacial score (nSPS) is 11.3. The van der Waals surface area contributed by atoms with Crippen LogP contribution >= 0.6 is 0 Å². The predicted octanol–water partition coefficient (Wildman–Crippen LogP) is 5.31. The molecular formula is C25H27NO4S. The monoisotopic (exact) mass is 437 g/mol. The van der Waals surface area contributed by atoms with Crippen molar-refractivity contribution in [1.29, 1.82) is 0 Å². The third-order valence-corrected chi connectivity index (χ3v) is 6.55. The zero-order chi connectivity index (χ0) is 22.3. The van der Waals surface area contributed by atoms with Gasteiger partial charge in [0, 0.05) is 0 Å². The molecule has 0 bridgehead atoms. The standard InChI is InChI=1S/C25H27NO4S/c1-2-3-7-19-13-16-23(17-14-19)31(29,30)26-24-11-5-4-9-21(24)15-12-20-8-6-10-22(18-20)25(27)28/h4-6,8-11,13-14,16-18,26H,2-3,7,12,15H2,1H3,(H,27,28). The van der Waals surface area contributed by atoms with E-state index in [0.29, 0.717) is 18.5 Å². The third kappa shape index (κ3) is 6.18. The van der Waals surface area contributed by atoms with Crippen LogP contribution in [0.5, 0.6) is 0 Å². The van der Waals surface area contributed by atoms with Crippen LogP contribution in [0.3, 0.4) is 0 Å². The van der Waals surface area contributed by atoms with Gasteiger partial charge in [0.2, 0.25) is 0 Å². The van der Waals surface area contributed by atoms with E-state index in [2.05, 4.69) is 11.6 Å². The molecule has 5 nitrogen and oxygen atoms in total. The van der Waals surface area contributed by atoms with Gasteiger partial charge in [0.25, 0.3) is 10.0 Å². The van der Waals surface area contributed by atoms with Gasteiger partial charge in [-0.3, -0.25) is 4.72 Å². The highest BCUT2D eigenvalue weighted by Crippen LogP contribution is 2.22. The number of aromatic carboxylic acids is 1. The molecule has 0 heterocycles. The van der Waals surface area contributed by atoms with Crippen molar-refractivity contribution >= 4 is 21.7 Å². The Morgan fingerprint density at radius 1 is 0.871 bits per heavy atom. The summed E-state index contributed by atoms with van der Waals surface area (Å²) in [6.07, 6.45) is 4.30. The Kier molecular flexibility index (Phi) is 7.47. The molecule has 0 atom stereocenters. The number of anilines is 1. The number of hydrogen-bond donors (Lipinski definition) is 2. The van der Waals surface area contributed by atoms with Crippen molar-refractivity contribution < 1.29 is 18.3 Å². The average Bonchev–Trinajstić information content (AvgIpc) is 2.77. The third-order valence-electron chi connectivity index (χ3n) is 5.17. The first-order valence-corrected chi connectivity index (χ1v) is 11.9. The Morgan fingerprint density at radius 3 is 2.32 bits per heavy atom. The van der Waals surface area contributed by atoms with Gasteiger partial charge in [-0.15, -0.1) is 0 Å². The molecule has 3 aromatic rings. The Morgan fingerprint density at radius 2 is 1.61 bits per heavy atom. The maximum atomic E-state index is 12.9. The van der Waals surface area contributed by atoms with Crippen molar-refractivity contribution in [1.82, 2.24) is 0 Å². The summed E-state index contributed by atoms with van der Waals surface area (Å²) in [7, 11) is -3.70. The zero-order valence-electron chi connectivity index (χ0n) is 17.5. The molecule has 0 saturated carbocycles. The topological polar surface area (TPSA) is 83.5 Å². The largest absolute Gasteiger partial charge is 0.478 e. The number of carboxylic acids is 1. The summed E-state index contributed by atoms with van der Waals surface area (Å²) >= 11 is 0. The van der Waals surface area contributed by atoms with E-state index in [1.807, 2.05) is 30.3 Å². The number of hydrogen-bond acceptors (Lipinski definition) is 3. The summed E-state index contributed by atoms with van der Waals surface area (Å²) in [5.41, 5.74) is 3.65. The lowest BCUT2D eigenvalue weighted by molar-refractivity contribution is 0.0696. The summed E-state index contributed by atoms with van der Waals surface area (Å²) in [5, 5.41) is 9.16. The van der Waals surface area contributed by atoms with Gasteiger partial charge in [-0.1, -0.05) is 55.8 Å². The van der Waals surface area contributed by atoms with Crippen LogP contribution in [0.25, 0.3) is 0 Å². The fraction of sp³-hybridized carbons (Fsp3) is 0.240. The second kappa shape index (κ2) is 10.3. The van der Waals surface area contributed by atoms with Crippen LogP contribution in [0.2, 0.25) is 0 Å². The van der Waals surface area contributed by atoms with Crippen LogP contribution in [0.1, 0.15) is 46.8 Å². The maximum absolute atomic E-state index is 12.9. The van der Waals surface area contributed by atoms with E-state index in [9.17, 15) is 13.2 Å². The molecule has 0 unspecified atom stereocenters. The number of aryl methyl sites for hydroxylation is 3. The summed E-state index contributed by atoms with van der Waals surface area (Å²) in [5.74, 6) is -0.962. The van der Waals surface area contributed by atoms with Crippen LogP contribution in [-0.4, -0.2) is 19.5 Å². The minimum atomic E-state index is -3.70. The van der Waals surface area contributed by atoms with Gasteiger partial charge in [-0.05, 0) is 72.7 Å². The molecular weight excluding hydrogens is 410 g/mol. The van der Waals surface area contributed by atoms with E-state index in [-0.39, 0.29) is 10.5 Å². The average molecular weight is 438 g/mol. The lowest BCUT2D eigenvalue weighted by Gasteiger charge is -2.13. The highest BCUT2D eigenvalue weighted by molar-refractivity contribution is 7.92. The van der Waals surface area contributed by atoms with Gasteiger partial charge in [-0.2, -0.15) is 0 Å². The van der Waals surface area contributed by atoms with Gasteiger partial charge >= 0.3 is 5.97 Å². The lowest BCUT2D eigenvalue weighted by atomic mass is 10.0. The van der Waals surface area contributed by atoms with Crippen LogP contribution in [0.15, 0.2) is 77.7 Å². The fourth-order valence-corrected chi connectivity index (χ4v) is 4.50. The molecule has 0 fully saturated rings. The number of rotatable bonds is 10. The van der Waals surface area contributed by atoms with Gasteiger partial charge < -0.3 is 5.11 Å². The zero-order valence-corrected chi connectivity index (χ0v) is 18.4. The highest BCUT2D eigenvalue weighted by Gasteiger charge is 2.16. The Labute approximate surface area is 183 Å². The molecule has 31 heavy (non-hydrogen) atoms. The van der Waals surface area contributed by atoms with Crippen LogP contribution in [0, 0.1) is 0 Å². The molecule has 3 aromatic carbocycles. The number of carboxylic acid groups (broad SMARTS) is 1. The Bertz CT molecular complexity index is 1140. The van der Waals surface area contributed by atoms with Crippen LogP contribution < -0.4 is 4.72 Å². The smallest absolute Gasteiger partial charge is 0.335 e. The van der Waals surface area contributed by atoms with Gasteiger partial charge in [0.15, 0.2) is 0 Å². The molecule has 6 heteroatoms. The molecule has 162 valence electrons. The van der Waals surface area contributed by atoms with E-state index < -0.39 is 16.0 Å². The van der Waals surface area contributed by atoms with Crippen molar-refractivity contribution in [2.75, 3.05) is 4.72 Å². The van der Waals surface area contributed by atoms with E-state index >= 15 is 0 Å². The van der Waals surface area contributed by atoms with Crippen LogP contribution in [-0.2, 0) is 29.3 Å². The molecule has 0 saturated heterocycles. The maximum Gasteiger partial charge on any atom is 0.335 e. The molecule has 0 radical (unpaired) electrons. The Hall–Kier alpha value is -3.12. The molecule has 0 aliphatic rings. The molecule has 0 aromatic heterocycles. The summed E-state index contributed by atoms with van der Waals surface area (Å²) < 4.78 is 28.5. The lowest BCUT2D eigenvalue weighted by Crippen LogP contribution is -2.14. The highest BCUT2D eigenvalue weighted by atomic mass is 32.2. The van der Waals surface area contributed by atoms with Crippen molar-refractivity contribution in [3.8, 4) is 0 Å². The predicted molar refractivity (Wildman–Crippen MR) is 123 cm³/mol. The molecule has 3 rings (SSSR count). The second-order valence-corrected chi connectivity index (χ2v) is 9.20. The SMILES string of the molecule is CCCCc1ccc(S(=O)(=O)Nc2ccccc2CCc2cccc(C(=O)O)c2)cc1.